The fraction of sp³-hybridized carbons (Fsp3) is 0.333. The van der Waals surface area contributed by atoms with E-state index >= 15 is 0 Å². The van der Waals surface area contributed by atoms with E-state index < -0.39 is 6.04 Å². The van der Waals surface area contributed by atoms with E-state index in [2.05, 4.69) is 10.4 Å². The van der Waals surface area contributed by atoms with Gasteiger partial charge in [-0.1, -0.05) is 29.8 Å². The summed E-state index contributed by atoms with van der Waals surface area (Å²) < 4.78 is 1.68. The number of aryl methyl sites for hydroxylation is 1. The number of nitrogens with zero attached hydrogens (tertiary/aromatic N) is 3. The second-order valence-corrected chi connectivity index (χ2v) is 5.36. The van der Waals surface area contributed by atoms with Crippen molar-refractivity contribution in [3.8, 4) is 0 Å². The normalized spacial score (nSPS) is 11.6. The molecule has 120 valence electrons. The van der Waals surface area contributed by atoms with Gasteiger partial charge >= 0.3 is 0 Å². The number of rotatable bonds is 5. The van der Waals surface area contributed by atoms with E-state index in [4.69, 9.17) is 11.6 Å². The molecule has 0 aliphatic heterocycles. The van der Waals surface area contributed by atoms with Crippen molar-refractivity contribution in [1.29, 1.82) is 0 Å². The van der Waals surface area contributed by atoms with Crippen LogP contribution in [-0.2, 0) is 18.4 Å². The van der Waals surface area contributed by atoms with Crippen molar-refractivity contribution >= 4 is 29.9 Å². The summed E-state index contributed by atoms with van der Waals surface area (Å²) in [6, 6.07) is 7.12. The van der Waals surface area contributed by atoms with Crippen LogP contribution in [0.25, 0.3) is 0 Å². The summed E-state index contributed by atoms with van der Waals surface area (Å²) in [5, 5.41) is 7.81. The molecule has 0 radical (unpaired) electrons. The van der Waals surface area contributed by atoms with E-state index in [1.807, 2.05) is 37.5 Å². The highest BCUT2D eigenvalue weighted by Gasteiger charge is 2.23. The standard InChI is InChI=1S/C15H19ClN4O.ClH/c1-17-14(12-8-18-20(3)10-12)15(21)19(2)9-11-6-4-5-7-13(11)16;/h4-8,10,14,17H,9H2,1-3H3;1H. The molecular weight excluding hydrogens is 323 g/mol. The molecule has 0 spiro atoms. The Morgan fingerprint density at radius 2 is 2.14 bits per heavy atom. The van der Waals surface area contributed by atoms with Crippen LogP contribution in [0.4, 0.5) is 0 Å². The molecule has 7 heteroatoms. The van der Waals surface area contributed by atoms with Crippen molar-refractivity contribution in [1.82, 2.24) is 20.0 Å². The maximum Gasteiger partial charge on any atom is 0.244 e. The Bertz CT molecular complexity index is 630. The molecule has 1 N–H and O–H groups in total. The molecule has 5 nitrogen and oxygen atoms in total. The van der Waals surface area contributed by atoms with Gasteiger partial charge in [0.25, 0.3) is 0 Å². The van der Waals surface area contributed by atoms with Crippen molar-refractivity contribution in [3.05, 3.63) is 52.8 Å². The van der Waals surface area contributed by atoms with Crippen molar-refractivity contribution in [2.75, 3.05) is 14.1 Å². The summed E-state index contributed by atoms with van der Waals surface area (Å²) in [6.45, 7) is 0.469. The number of amides is 1. The summed E-state index contributed by atoms with van der Waals surface area (Å²) in [5.41, 5.74) is 1.77. The van der Waals surface area contributed by atoms with Crippen molar-refractivity contribution < 1.29 is 4.79 Å². The van der Waals surface area contributed by atoms with Gasteiger partial charge in [-0.3, -0.25) is 9.48 Å². The lowest BCUT2D eigenvalue weighted by Crippen LogP contribution is -2.37. The number of halogens is 2. The fourth-order valence-electron chi connectivity index (χ4n) is 2.20. The lowest BCUT2D eigenvalue weighted by Gasteiger charge is -2.23. The van der Waals surface area contributed by atoms with Crippen LogP contribution < -0.4 is 5.32 Å². The van der Waals surface area contributed by atoms with Crippen LogP contribution in [-0.4, -0.2) is 34.7 Å². The quantitative estimate of drug-likeness (QED) is 0.907. The Labute approximate surface area is 141 Å². The molecule has 0 saturated carbocycles. The predicted octanol–water partition coefficient (Wildman–Crippen LogP) is 2.41. The molecular formula is C15H20Cl2N4O. The maximum atomic E-state index is 12.6. The summed E-state index contributed by atoms with van der Waals surface area (Å²) in [4.78, 5) is 14.2. The third kappa shape index (κ3) is 4.22. The molecule has 0 aliphatic rings. The van der Waals surface area contributed by atoms with Crippen LogP contribution in [0, 0.1) is 0 Å². The van der Waals surface area contributed by atoms with Crippen LogP contribution in [0.3, 0.4) is 0 Å². The minimum atomic E-state index is -0.411. The van der Waals surface area contributed by atoms with Gasteiger partial charge in [-0.2, -0.15) is 5.10 Å². The molecule has 0 aliphatic carbocycles. The predicted molar refractivity (Wildman–Crippen MR) is 90.2 cm³/mol. The van der Waals surface area contributed by atoms with Crippen molar-refractivity contribution in [2.24, 2.45) is 7.05 Å². The van der Waals surface area contributed by atoms with Gasteiger partial charge in [0.05, 0.1) is 6.20 Å². The topological polar surface area (TPSA) is 50.2 Å². The molecule has 1 unspecified atom stereocenters. The third-order valence-corrected chi connectivity index (χ3v) is 3.70. The number of benzene rings is 1. The SMILES string of the molecule is CNC(C(=O)N(C)Cc1ccccc1Cl)c1cnn(C)c1.Cl. The molecule has 1 heterocycles. The van der Waals surface area contributed by atoms with E-state index in [1.165, 1.54) is 0 Å². The van der Waals surface area contributed by atoms with E-state index in [9.17, 15) is 4.79 Å². The summed E-state index contributed by atoms with van der Waals surface area (Å²) in [6.07, 6.45) is 3.53. The van der Waals surface area contributed by atoms with Gasteiger partial charge in [0, 0.05) is 37.4 Å². The average molecular weight is 343 g/mol. The molecule has 2 aromatic rings. The van der Waals surface area contributed by atoms with Gasteiger partial charge in [-0.15, -0.1) is 12.4 Å². The van der Waals surface area contributed by atoms with Crippen LogP contribution in [0.5, 0.6) is 0 Å². The maximum absolute atomic E-state index is 12.6. The van der Waals surface area contributed by atoms with E-state index in [1.54, 1.807) is 29.9 Å². The van der Waals surface area contributed by atoms with Crippen LogP contribution in [0.2, 0.25) is 5.02 Å². The monoisotopic (exact) mass is 342 g/mol. The molecule has 1 aromatic carbocycles. The van der Waals surface area contributed by atoms with Crippen molar-refractivity contribution in [3.63, 3.8) is 0 Å². The van der Waals surface area contributed by atoms with E-state index in [0.717, 1.165) is 11.1 Å². The summed E-state index contributed by atoms with van der Waals surface area (Å²) in [7, 11) is 5.36. The molecule has 0 bridgehead atoms. The van der Waals surface area contributed by atoms with E-state index in [-0.39, 0.29) is 18.3 Å². The molecule has 1 amide bonds. The Morgan fingerprint density at radius 1 is 1.45 bits per heavy atom. The molecule has 22 heavy (non-hydrogen) atoms. The number of hydrogen-bond acceptors (Lipinski definition) is 3. The van der Waals surface area contributed by atoms with Gasteiger partial charge in [-0.05, 0) is 18.7 Å². The summed E-state index contributed by atoms with van der Waals surface area (Å²) in [5.74, 6) is -0.0228. The first-order valence-electron chi connectivity index (χ1n) is 6.67. The van der Waals surface area contributed by atoms with Gasteiger partial charge in [0.2, 0.25) is 5.91 Å². The highest BCUT2D eigenvalue weighted by atomic mass is 35.5. The number of carbonyl (C=O) groups excluding carboxylic acids is 1. The highest BCUT2D eigenvalue weighted by Crippen LogP contribution is 2.19. The fourth-order valence-corrected chi connectivity index (χ4v) is 2.40. The lowest BCUT2D eigenvalue weighted by atomic mass is 10.1. The number of nitrogens with one attached hydrogen (secondary N) is 1. The lowest BCUT2D eigenvalue weighted by molar-refractivity contribution is -0.132. The Morgan fingerprint density at radius 3 is 2.68 bits per heavy atom. The molecule has 1 aromatic heterocycles. The third-order valence-electron chi connectivity index (χ3n) is 3.34. The Kier molecular flexibility index (Phi) is 6.87. The van der Waals surface area contributed by atoms with Crippen molar-refractivity contribution in [2.45, 2.75) is 12.6 Å². The number of carbonyl (C=O) groups is 1. The molecule has 2 rings (SSSR count). The van der Waals surface area contributed by atoms with Gasteiger partial charge in [0.1, 0.15) is 6.04 Å². The zero-order chi connectivity index (χ0) is 15.4. The average Bonchev–Trinajstić information content (AvgIpc) is 2.88. The molecule has 0 saturated heterocycles. The molecule has 1 atom stereocenters. The van der Waals surface area contributed by atoms with Crippen LogP contribution in [0.1, 0.15) is 17.2 Å². The second kappa shape index (κ2) is 8.17. The minimum absolute atomic E-state index is 0. The van der Waals surface area contributed by atoms with E-state index in [0.29, 0.717) is 11.6 Å². The zero-order valence-electron chi connectivity index (χ0n) is 12.8. The zero-order valence-corrected chi connectivity index (χ0v) is 14.4. The first-order chi connectivity index (χ1) is 10.0. The van der Waals surface area contributed by atoms with Gasteiger partial charge < -0.3 is 10.2 Å². The number of hydrogen-bond donors (Lipinski definition) is 1. The summed E-state index contributed by atoms with van der Waals surface area (Å²) >= 11 is 6.14. The first kappa shape index (κ1) is 18.5. The highest BCUT2D eigenvalue weighted by molar-refractivity contribution is 6.31. The van der Waals surface area contributed by atoms with Crippen LogP contribution in [0.15, 0.2) is 36.7 Å². The Hall–Kier alpha value is -1.56. The molecule has 0 fully saturated rings. The number of likely N-dealkylation sites (N-methyl/N-ethyl adjacent to an activating group) is 2. The smallest absolute Gasteiger partial charge is 0.244 e. The second-order valence-electron chi connectivity index (χ2n) is 4.95. The van der Waals surface area contributed by atoms with Crippen LogP contribution >= 0.6 is 24.0 Å². The largest absolute Gasteiger partial charge is 0.340 e. The Balaban J connectivity index is 0.00000242. The minimum Gasteiger partial charge on any atom is -0.340 e. The van der Waals surface area contributed by atoms with Gasteiger partial charge in [-0.25, -0.2) is 0 Å². The van der Waals surface area contributed by atoms with Gasteiger partial charge in [0.15, 0.2) is 0 Å². The number of aromatic nitrogens is 2. The first-order valence-corrected chi connectivity index (χ1v) is 7.05.